The normalized spacial score (nSPS) is 11.5. The van der Waals surface area contributed by atoms with Crippen LogP contribution in [0.5, 0.6) is 5.75 Å². The first-order valence-corrected chi connectivity index (χ1v) is 7.44. The fourth-order valence-electron chi connectivity index (χ4n) is 1.41. The zero-order valence-electron chi connectivity index (χ0n) is 9.17. The molecule has 5 nitrogen and oxygen atoms in total. The minimum atomic E-state index is -3.80. The van der Waals surface area contributed by atoms with Crippen LogP contribution in [0, 0.1) is 0 Å². The predicted octanol–water partition coefficient (Wildman–Crippen LogP) is 2.46. The molecule has 0 unspecified atom stereocenters. The van der Waals surface area contributed by atoms with Gasteiger partial charge in [-0.05, 0) is 18.2 Å². The minimum Gasteiger partial charge on any atom is -0.494 e. The molecule has 2 rings (SSSR count). The van der Waals surface area contributed by atoms with Gasteiger partial charge < -0.3 is 4.74 Å². The van der Waals surface area contributed by atoms with Gasteiger partial charge in [0.15, 0.2) is 0 Å². The molecule has 0 aliphatic rings. The Morgan fingerprint density at radius 1 is 1.39 bits per heavy atom. The largest absolute Gasteiger partial charge is 0.494 e. The van der Waals surface area contributed by atoms with Crippen molar-refractivity contribution in [3.63, 3.8) is 0 Å². The molecule has 0 amide bonds. The van der Waals surface area contributed by atoms with E-state index in [0.717, 1.165) is 6.20 Å². The third-order valence-electron chi connectivity index (χ3n) is 2.23. The van der Waals surface area contributed by atoms with E-state index in [4.69, 9.17) is 27.0 Å². The van der Waals surface area contributed by atoms with Gasteiger partial charge in [-0.3, -0.25) is 0 Å². The highest BCUT2D eigenvalue weighted by molar-refractivity contribution is 8.13. The van der Waals surface area contributed by atoms with E-state index in [0.29, 0.717) is 16.5 Å². The van der Waals surface area contributed by atoms with Crippen molar-refractivity contribution in [1.29, 1.82) is 0 Å². The van der Waals surface area contributed by atoms with E-state index < -0.39 is 9.05 Å². The van der Waals surface area contributed by atoms with Crippen LogP contribution < -0.4 is 4.74 Å². The van der Waals surface area contributed by atoms with Crippen LogP contribution >= 0.6 is 22.3 Å². The molecule has 2 aromatic rings. The highest BCUT2D eigenvalue weighted by atomic mass is 35.7. The average Bonchev–Trinajstić information content (AvgIpc) is 2.77. The van der Waals surface area contributed by atoms with Gasteiger partial charge in [-0.15, -0.1) is 0 Å². The Hall–Kier alpha value is -1.24. The molecule has 0 saturated heterocycles. The Kier molecular flexibility index (Phi) is 3.52. The minimum absolute atomic E-state index is 0.0915. The monoisotopic (exact) mass is 306 g/mol. The molecule has 0 aliphatic carbocycles. The molecule has 0 aliphatic heterocycles. The summed E-state index contributed by atoms with van der Waals surface area (Å²) < 4.78 is 28.8. The number of benzene rings is 1. The van der Waals surface area contributed by atoms with Gasteiger partial charge in [0.25, 0.3) is 9.05 Å². The number of hydrogen-bond donors (Lipinski definition) is 0. The Morgan fingerprint density at radius 3 is 2.67 bits per heavy atom. The lowest BCUT2D eigenvalue weighted by Crippen LogP contribution is -1.98. The van der Waals surface area contributed by atoms with Crippen LogP contribution in [0.3, 0.4) is 0 Å². The molecule has 1 aromatic heterocycles. The van der Waals surface area contributed by atoms with Crippen molar-refractivity contribution in [2.75, 3.05) is 7.11 Å². The maximum atomic E-state index is 11.2. The van der Waals surface area contributed by atoms with Gasteiger partial charge in [-0.25, -0.2) is 13.1 Å². The first-order valence-electron chi connectivity index (χ1n) is 4.75. The summed E-state index contributed by atoms with van der Waals surface area (Å²) >= 11 is 5.88. The van der Waals surface area contributed by atoms with E-state index in [2.05, 4.69) is 5.10 Å². The van der Waals surface area contributed by atoms with Crippen LogP contribution in [0.4, 0.5) is 0 Å². The summed E-state index contributed by atoms with van der Waals surface area (Å²) in [6.07, 6.45) is 2.44. The van der Waals surface area contributed by atoms with Crippen molar-refractivity contribution in [3.05, 3.63) is 35.6 Å². The summed E-state index contributed by atoms with van der Waals surface area (Å²) in [4.78, 5) is -0.0915. The van der Waals surface area contributed by atoms with Gasteiger partial charge in [0, 0.05) is 15.7 Å². The summed E-state index contributed by atoms with van der Waals surface area (Å²) in [6, 6.07) is 4.93. The van der Waals surface area contributed by atoms with Crippen LogP contribution in [-0.2, 0) is 9.05 Å². The van der Waals surface area contributed by atoms with E-state index in [1.165, 1.54) is 18.0 Å². The van der Waals surface area contributed by atoms with Crippen LogP contribution in [0.1, 0.15) is 0 Å². The third kappa shape index (κ3) is 2.60. The number of halogens is 2. The SMILES string of the molecule is COc1ccc(Cl)cc1-n1cc(S(=O)(=O)Cl)cn1. The summed E-state index contributed by atoms with van der Waals surface area (Å²) in [7, 11) is 2.92. The molecular weight excluding hydrogens is 299 g/mol. The van der Waals surface area contributed by atoms with Gasteiger partial charge in [0.2, 0.25) is 0 Å². The van der Waals surface area contributed by atoms with Crippen molar-refractivity contribution >= 4 is 31.3 Å². The summed E-state index contributed by atoms with van der Waals surface area (Å²) in [5.74, 6) is 0.515. The lowest BCUT2D eigenvalue weighted by Gasteiger charge is -2.08. The molecule has 0 spiro atoms. The molecule has 0 saturated carbocycles. The van der Waals surface area contributed by atoms with Crippen LogP contribution in [0.25, 0.3) is 5.69 Å². The molecule has 0 N–H and O–H groups in total. The van der Waals surface area contributed by atoms with Crippen molar-refractivity contribution in [1.82, 2.24) is 9.78 Å². The molecular formula is C10H8Cl2N2O3S. The molecule has 0 bridgehead atoms. The Bertz CT molecular complexity index is 682. The van der Waals surface area contributed by atoms with Crippen molar-refractivity contribution in [2.45, 2.75) is 4.90 Å². The van der Waals surface area contributed by atoms with Crippen molar-refractivity contribution in [2.24, 2.45) is 0 Å². The number of aromatic nitrogens is 2. The Balaban J connectivity index is 2.55. The van der Waals surface area contributed by atoms with E-state index >= 15 is 0 Å². The first-order chi connectivity index (χ1) is 8.41. The molecule has 1 aromatic carbocycles. The quantitative estimate of drug-likeness (QED) is 0.817. The molecule has 0 radical (unpaired) electrons. The van der Waals surface area contributed by atoms with Crippen molar-refractivity contribution in [3.8, 4) is 11.4 Å². The molecule has 1 heterocycles. The van der Waals surface area contributed by atoms with Gasteiger partial charge in [0.1, 0.15) is 16.3 Å². The highest BCUT2D eigenvalue weighted by Gasteiger charge is 2.15. The van der Waals surface area contributed by atoms with E-state index in [-0.39, 0.29) is 4.90 Å². The second-order valence-corrected chi connectivity index (χ2v) is 6.38. The average molecular weight is 307 g/mol. The van der Waals surface area contributed by atoms with E-state index in [9.17, 15) is 8.42 Å². The second kappa shape index (κ2) is 4.79. The number of hydrogen-bond acceptors (Lipinski definition) is 4. The fourth-order valence-corrected chi connectivity index (χ4v) is 2.21. The van der Waals surface area contributed by atoms with Gasteiger partial charge in [-0.1, -0.05) is 11.6 Å². The molecule has 96 valence electrons. The Labute approximate surface area is 113 Å². The second-order valence-electron chi connectivity index (χ2n) is 3.37. The van der Waals surface area contributed by atoms with Gasteiger partial charge in [0.05, 0.1) is 19.5 Å². The fraction of sp³-hybridized carbons (Fsp3) is 0.100. The zero-order chi connectivity index (χ0) is 13.3. The standard InChI is InChI=1S/C10H8Cl2N2O3S/c1-17-10-3-2-7(11)4-9(10)14-6-8(5-13-14)18(12,15)16/h2-6H,1H3. The molecule has 8 heteroatoms. The van der Waals surface area contributed by atoms with Crippen LogP contribution in [-0.4, -0.2) is 25.3 Å². The number of nitrogens with zero attached hydrogens (tertiary/aromatic N) is 2. The number of rotatable bonds is 3. The summed E-state index contributed by atoms with van der Waals surface area (Å²) in [5, 5.41) is 4.40. The number of ether oxygens (including phenoxy) is 1. The zero-order valence-corrected chi connectivity index (χ0v) is 11.5. The third-order valence-corrected chi connectivity index (χ3v) is 3.77. The topological polar surface area (TPSA) is 61.2 Å². The highest BCUT2D eigenvalue weighted by Crippen LogP contribution is 2.27. The lowest BCUT2D eigenvalue weighted by atomic mass is 10.3. The van der Waals surface area contributed by atoms with Gasteiger partial charge >= 0.3 is 0 Å². The van der Waals surface area contributed by atoms with E-state index in [1.807, 2.05) is 0 Å². The molecule has 18 heavy (non-hydrogen) atoms. The Morgan fingerprint density at radius 2 is 2.11 bits per heavy atom. The number of methoxy groups -OCH3 is 1. The predicted molar refractivity (Wildman–Crippen MR) is 68.2 cm³/mol. The van der Waals surface area contributed by atoms with Crippen molar-refractivity contribution < 1.29 is 13.2 Å². The molecule has 0 fully saturated rings. The summed E-state index contributed by atoms with van der Waals surface area (Å²) in [6.45, 7) is 0. The lowest BCUT2D eigenvalue weighted by molar-refractivity contribution is 0.411. The smallest absolute Gasteiger partial charge is 0.264 e. The summed E-state index contributed by atoms with van der Waals surface area (Å²) in [5.41, 5.74) is 0.525. The van der Waals surface area contributed by atoms with Crippen LogP contribution in [0.15, 0.2) is 35.5 Å². The van der Waals surface area contributed by atoms with Gasteiger partial charge in [-0.2, -0.15) is 5.10 Å². The maximum Gasteiger partial charge on any atom is 0.264 e. The van der Waals surface area contributed by atoms with Crippen LogP contribution in [0.2, 0.25) is 5.02 Å². The van der Waals surface area contributed by atoms with E-state index in [1.54, 1.807) is 18.2 Å². The maximum absolute atomic E-state index is 11.2. The first kappa shape index (κ1) is 13.2. The molecule has 0 atom stereocenters.